The van der Waals surface area contributed by atoms with Gasteiger partial charge in [-0.2, -0.15) is 0 Å². The number of hydrogen-bond donors (Lipinski definition) is 0. The number of carbonyl (C=O) groups is 1. The molecule has 2 nitrogen and oxygen atoms in total. The van der Waals surface area contributed by atoms with E-state index in [0.29, 0.717) is 0 Å². The van der Waals surface area contributed by atoms with Crippen LogP contribution in [-0.2, 0) is 4.79 Å². The summed E-state index contributed by atoms with van der Waals surface area (Å²) in [5.41, 5.74) is 0. The van der Waals surface area contributed by atoms with E-state index in [-0.39, 0.29) is 41.9 Å². The summed E-state index contributed by atoms with van der Waals surface area (Å²) in [4.78, 5) is 9.40. The molecule has 0 amide bonds. The van der Waals surface area contributed by atoms with Gasteiger partial charge >= 0.3 is 29.6 Å². The fourth-order valence-corrected chi connectivity index (χ4v) is 0.231. The number of carboxylic acids is 1. The zero-order chi connectivity index (χ0) is 4.99. The second-order valence-corrected chi connectivity index (χ2v) is 1.19. The molecule has 0 rings (SSSR count). The fraction of sp³-hybridized carbons (Fsp3) is 0.667. The molecule has 0 unspecified atom stereocenters. The van der Waals surface area contributed by atoms with Crippen molar-refractivity contribution in [2.24, 2.45) is 0 Å². The third-order valence-electron chi connectivity index (χ3n) is 0.299. The zero-order valence-electron chi connectivity index (χ0n) is 4.11. The quantitative estimate of drug-likeness (QED) is 0.286. The maximum absolute atomic E-state index is 9.40. The summed E-state index contributed by atoms with van der Waals surface area (Å²) < 4.78 is 0. The molecule has 0 aromatic heterocycles. The van der Waals surface area contributed by atoms with Crippen LogP contribution in [0.3, 0.4) is 0 Å². The molecule has 0 spiro atoms. The molecule has 0 aliphatic heterocycles. The van der Waals surface area contributed by atoms with Gasteiger partial charge in [0.1, 0.15) is 0 Å². The normalized spacial score (nSPS) is 7.00. The first-order chi connectivity index (χ1) is 2.77. The van der Waals surface area contributed by atoms with Crippen LogP contribution in [0, 0.1) is 0 Å². The van der Waals surface area contributed by atoms with E-state index < -0.39 is 5.97 Å². The Hall–Kier alpha value is 0.760. The van der Waals surface area contributed by atoms with Crippen LogP contribution in [0.5, 0.6) is 0 Å². The van der Waals surface area contributed by atoms with Gasteiger partial charge in [-0.25, -0.2) is 0 Å². The van der Waals surface area contributed by atoms with Gasteiger partial charge in [0.2, 0.25) is 0 Å². The minimum absolute atomic E-state index is 0. The molecule has 0 aliphatic rings. The molecular formula is C3H4ClNaO2. The van der Waals surface area contributed by atoms with Gasteiger partial charge in [-0.3, -0.25) is 0 Å². The van der Waals surface area contributed by atoms with Gasteiger partial charge in [0.15, 0.2) is 0 Å². The number of carboxylic acid groups (broad SMARTS) is 1. The summed E-state index contributed by atoms with van der Waals surface area (Å²) in [6, 6.07) is 0. The first-order valence-electron chi connectivity index (χ1n) is 1.53. The summed E-state index contributed by atoms with van der Waals surface area (Å²) >= 11 is 4.98. The second kappa shape index (κ2) is 6.76. The number of halogens is 1. The molecule has 0 heterocycles. The molecular weight excluding hydrogens is 126 g/mol. The average molecular weight is 131 g/mol. The van der Waals surface area contributed by atoms with Crippen molar-refractivity contribution in [3.05, 3.63) is 0 Å². The second-order valence-electron chi connectivity index (χ2n) is 0.811. The number of aliphatic carboxylic acids is 1. The van der Waals surface area contributed by atoms with E-state index in [0.717, 1.165) is 0 Å². The third kappa shape index (κ3) is 10.8. The monoisotopic (exact) mass is 130 g/mol. The van der Waals surface area contributed by atoms with Crippen LogP contribution in [0.25, 0.3) is 0 Å². The SMILES string of the molecule is O=C([O-])CCCl.[Na+]. The summed E-state index contributed by atoms with van der Waals surface area (Å²) in [5.74, 6) is -0.951. The van der Waals surface area contributed by atoms with Crippen molar-refractivity contribution < 1.29 is 39.5 Å². The minimum atomic E-state index is -1.09. The Bertz CT molecular complexity index is 56.9. The average Bonchev–Trinajstić information content (AvgIpc) is 1.35. The van der Waals surface area contributed by atoms with Gasteiger partial charge in [0.05, 0.1) is 0 Å². The maximum atomic E-state index is 9.40. The van der Waals surface area contributed by atoms with Crippen LogP contribution in [0.2, 0.25) is 0 Å². The number of hydrogen-bond acceptors (Lipinski definition) is 2. The van der Waals surface area contributed by atoms with Crippen LogP contribution in [0.4, 0.5) is 0 Å². The Balaban J connectivity index is 0. The molecule has 0 aliphatic carbocycles. The molecule has 4 heteroatoms. The van der Waals surface area contributed by atoms with Crippen LogP contribution in [-0.4, -0.2) is 11.8 Å². The minimum Gasteiger partial charge on any atom is -0.550 e. The summed E-state index contributed by atoms with van der Waals surface area (Å²) in [6.45, 7) is 0. The Morgan fingerprint density at radius 3 is 2.14 bits per heavy atom. The number of carbonyl (C=O) groups excluding carboxylic acids is 1. The van der Waals surface area contributed by atoms with E-state index in [2.05, 4.69) is 0 Å². The van der Waals surface area contributed by atoms with Gasteiger partial charge < -0.3 is 9.90 Å². The molecule has 36 valence electrons. The van der Waals surface area contributed by atoms with E-state index in [9.17, 15) is 9.90 Å². The Labute approximate surface area is 69.1 Å². The van der Waals surface area contributed by atoms with Gasteiger partial charge in [0, 0.05) is 18.3 Å². The predicted molar refractivity (Wildman–Crippen MR) is 20.3 cm³/mol. The van der Waals surface area contributed by atoms with Crippen molar-refractivity contribution in [1.29, 1.82) is 0 Å². The largest absolute Gasteiger partial charge is 1.00 e. The molecule has 0 bridgehead atoms. The van der Waals surface area contributed by atoms with E-state index >= 15 is 0 Å². The van der Waals surface area contributed by atoms with Gasteiger partial charge in [-0.05, 0) is 0 Å². The zero-order valence-corrected chi connectivity index (χ0v) is 6.86. The smallest absolute Gasteiger partial charge is 0.550 e. The molecule has 0 aromatic carbocycles. The Kier molecular flexibility index (Phi) is 10.3. The van der Waals surface area contributed by atoms with E-state index in [1.54, 1.807) is 0 Å². The Morgan fingerprint density at radius 2 is 2.14 bits per heavy atom. The Morgan fingerprint density at radius 1 is 1.71 bits per heavy atom. The summed E-state index contributed by atoms with van der Waals surface area (Å²) in [6.07, 6.45) is -0.0540. The van der Waals surface area contributed by atoms with E-state index in [4.69, 9.17) is 11.6 Å². The first-order valence-corrected chi connectivity index (χ1v) is 2.06. The molecule has 7 heavy (non-hydrogen) atoms. The first kappa shape index (κ1) is 10.7. The van der Waals surface area contributed by atoms with E-state index in [1.165, 1.54) is 0 Å². The van der Waals surface area contributed by atoms with Crippen molar-refractivity contribution in [3.8, 4) is 0 Å². The number of alkyl halides is 1. The molecule has 0 N–H and O–H groups in total. The summed E-state index contributed by atoms with van der Waals surface area (Å²) in [5, 5.41) is 9.40. The molecule has 0 aromatic rings. The standard InChI is InChI=1S/C3H5ClO2.Na/c4-2-1-3(5)6;/h1-2H2,(H,5,6);/q;+1/p-1. The molecule has 0 atom stereocenters. The fourth-order valence-electron chi connectivity index (χ4n) is 0.0772. The van der Waals surface area contributed by atoms with Crippen LogP contribution < -0.4 is 34.7 Å². The topological polar surface area (TPSA) is 40.1 Å². The number of rotatable bonds is 2. The van der Waals surface area contributed by atoms with Crippen molar-refractivity contribution in [3.63, 3.8) is 0 Å². The van der Waals surface area contributed by atoms with Gasteiger partial charge in [-0.1, -0.05) is 0 Å². The summed E-state index contributed by atoms with van der Waals surface area (Å²) in [7, 11) is 0. The maximum Gasteiger partial charge on any atom is 1.00 e. The third-order valence-corrected chi connectivity index (χ3v) is 0.488. The molecule has 0 fully saturated rings. The van der Waals surface area contributed by atoms with Crippen molar-refractivity contribution in [2.45, 2.75) is 6.42 Å². The predicted octanol–water partition coefficient (Wildman–Crippen LogP) is -3.63. The van der Waals surface area contributed by atoms with Crippen LogP contribution in [0.15, 0.2) is 0 Å². The van der Waals surface area contributed by atoms with E-state index in [1.807, 2.05) is 0 Å². The van der Waals surface area contributed by atoms with Gasteiger partial charge in [-0.15, -0.1) is 11.6 Å². The van der Waals surface area contributed by atoms with Crippen molar-refractivity contribution in [2.75, 3.05) is 5.88 Å². The molecule has 0 saturated carbocycles. The van der Waals surface area contributed by atoms with Crippen molar-refractivity contribution in [1.82, 2.24) is 0 Å². The molecule has 0 radical (unpaired) electrons. The molecule has 0 saturated heterocycles. The van der Waals surface area contributed by atoms with Gasteiger partial charge in [0.25, 0.3) is 0 Å². The van der Waals surface area contributed by atoms with Crippen LogP contribution >= 0.6 is 11.6 Å². The van der Waals surface area contributed by atoms with Crippen LogP contribution in [0.1, 0.15) is 6.42 Å². The van der Waals surface area contributed by atoms with Crippen molar-refractivity contribution >= 4 is 17.6 Å².